The summed E-state index contributed by atoms with van der Waals surface area (Å²) in [4.78, 5) is 16.3. The van der Waals surface area contributed by atoms with E-state index in [0.29, 0.717) is 17.9 Å². The molecule has 3 aromatic rings. The van der Waals surface area contributed by atoms with Gasteiger partial charge in [0.2, 0.25) is 0 Å². The summed E-state index contributed by atoms with van der Waals surface area (Å²) in [6.45, 7) is 2.21. The first-order chi connectivity index (χ1) is 13.2. The van der Waals surface area contributed by atoms with Crippen molar-refractivity contribution in [2.24, 2.45) is 0 Å². The van der Waals surface area contributed by atoms with E-state index >= 15 is 0 Å². The molecular weight excluding hydrogens is 353 g/mol. The van der Waals surface area contributed by atoms with E-state index in [0.717, 1.165) is 21.1 Å². The highest BCUT2D eigenvalue weighted by molar-refractivity contribution is 7.15. The van der Waals surface area contributed by atoms with E-state index in [9.17, 15) is 9.18 Å². The van der Waals surface area contributed by atoms with E-state index in [1.807, 2.05) is 6.92 Å². The van der Waals surface area contributed by atoms with Crippen LogP contribution in [0.4, 0.5) is 4.39 Å². The molecule has 3 rings (SSSR count). The van der Waals surface area contributed by atoms with Crippen molar-refractivity contribution >= 4 is 17.3 Å². The first kappa shape index (κ1) is 15.5. The van der Waals surface area contributed by atoms with Gasteiger partial charge in [-0.1, -0.05) is 12.1 Å². The van der Waals surface area contributed by atoms with Gasteiger partial charge in [-0.3, -0.25) is 4.79 Å². The molecule has 0 fully saturated rings. The molecule has 0 aliphatic carbocycles. The van der Waals surface area contributed by atoms with E-state index in [4.69, 9.17) is 12.6 Å². The molecule has 4 nitrogen and oxygen atoms in total. The number of aliphatic carboxylic acids is 1. The molecule has 1 aromatic heterocycles. The maximum Gasteiger partial charge on any atom is 0.303 e. The summed E-state index contributed by atoms with van der Waals surface area (Å²) in [5.74, 6) is -1.18. The minimum Gasteiger partial charge on any atom is -0.488 e. The third-order valence-corrected chi connectivity index (χ3v) is 4.90. The average Bonchev–Trinajstić information content (AvgIpc) is 3.02. The first-order valence-corrected chi connectivity index (χ1v) is 8.73. The van der Waals surface area contributed by atoms with Crippen molar-refractivity contribution in [2.45, 2.75) is 26.3 Å². The summed E-state index contributed by atoms with van der Waals surface area (Å²) in [6, 6.07) is 12.8. The number of hydrogen-bond donors (Lipinski definition) is 1. The van der Waals surface area contributed by atoms with E-state index in [1.165, 1.54) is 23.5 Å². The summed E-state index contributed by atoms with van der Waals surface area (Å²) in [7, 11) is 0. The molecular formula is C20H18FNO3S. The van der Waals surface area contributed by atoms with E-state index in [-0.39, 0.29) is 12.2 Å². The zero-order chi connectivity index (χ0) is 20.3. The fraction of sp³-hybridized carbons (Fsp3) is 0.200. The molecule has 0 saturated heterocycles. The van der Waals surface area contributed by atoms with Gasteiger partial charge in [0.1, 0.15) is 23.2 Å². The van der Waals surface area contributed by atoms with Gasteiger partial charge < -0.3 is 9.84 Å². The predicted octanol–water partition coefficient (Wildman–Crippen LogP) is 4.85. The summed E-state index contributed by atoms with van der Waals surface area (Å²) in [5, 5.41) is 9.66. The molecule has 2 aromatic carbocycles. The third kappa shape index (κ3) is 4.67. The van der Waals surface area contributed by atoms with Gasteiger partial charge in [-0.2, -0.15) is 0 Å². The quantitative estimate of drug-likeness (QED) is 0.643. The molecule has 0 amide bonds. The zero-order valence-corrected chi connectivity index (χ0v) is 14.8. The van der Waals surface area contributed by atoms with Crippen LogP contribution >= 0.6 is 11.3 Å². The predicted molar refractivity (Wildman–Crippen MR) is 99.0 cm³/mol. The Hall–Kier alpha value is -2.73. The van der Waals surface area contributed by atoms with Crippen LogP contribution < -0.4 is 4.74 Å². The third-order valence-electron chi connectivity index (χ3n) is 3.72. The van der Waals surface area contributed by atoms with Crippen LogP contribution in [0.25, 0.3) is 10.6 Å². The van der Waals surface area contributed by atoms with Crippen LogP contribution in [-0.4, -0.2) is 16.1 Å². The lowest BCUT2D eigenvalue weighted by Gasteiger charge is -2.06. The molecule has 0 unspecified atom stereocenters. The number of benzene rings is 2. The van der Waals surface area contributed by atoms with Crippen molar-refractivity contribution in [3.63, 3.8) is 0 Å². The molecule has 0 saturated carbocycles. The molecule has 1 heterocycles. The second-order valence-electron chi connectivity index (χ2n) is 5.63. The molecule has 0 bridgehead atoms. The summed E-state index contributed by atoms with van der Waals surface area (Å²) >= 11 is 1.48. The van der Waals surface area contributed by atoms with Gasteiger partial charge >= 0.3 is 5.97 Å². The molecule has 6 heteroatoms. The van der Waals surface area contributed by atoms with Gasteiger partial charge in [0.25, 0.3) is 0 Å². The van der Waals surface area contributed by atoms with Crippen LogP contribution in [-0.2, 0) is 17.8 Å². The SMILES string of the molecule is [2H]C([2H])(Cc1ccc(OCc2sc(-c3ccc(F)cc3)nc2C)cc1)C(=O)O. The lowest BCUT2D eigenvalue weighted by Crippen LogP contribution is -1.98. The highest BCUT2D eigenvalue weighted by Crippen LogP contribution is 2.29. The minimum absolute atomic E-state index is 0.211. The van der Waals surface area contributed by atoms with Crippen LogP contribution in [0.3, 0.4) is 0 Å². The molecule has 134 valence electrons. The van der Waals surface area contributed by atoms with Crippen LogP contribution in [0.5, 0.6) is 5.75 Å². The largest absolute Gasteiger partial charge is 0.488 e. The van der Waals surface area contributed by atoms with Crippen molar-refractivity contribution in [1.82, 2.24) is 4.98 Å². The smallest absolute Gasteiger partial charge is 0.303 e. The Kier molecular flexibility index (Phi) is 4.83. The molecule has 1 N–H and O–H groups in total. The Morgan fingerprint density at radius 2 is 1.92 bits per heavy atom. The zero-order valence-electron chi connectivity index (χ0n) is 16.0. The highest BCUT2D eigenvalue weighted by Gasteiger charge is 2.10. The van der Waals surface area contributed by atoms with Crippen molar-refractivity contribution < 1.29 is 21.8 Å². The Morgan fingerprint density at radius 3 is 2.58 bits per heavy atom. The number of hydrogen-bond acceptors (Lipinski definition) is 4. The van der Waals surface area contributed by atoms with Crippen LogP contribution in [0.15, 0.2) is 48.5 Å². The number of rotatable bonds is 7. The number of aromatic nitrogens is 1. The Labute approximate surface area is 157 Å². The van der Waals surface area contributed by atoms with Crippen LogP contribution in [0.1, 0.15) is 25.2 Å². The first-order valence-electron chi connectivity index (χ1n) is 8.92. The minimum atomic E-state index is -2.31. The van der Waals surface area contributed by atoms with Crippen molar-refractivity contribution in [1.29, 1.82) is 0 Å². The molecule has 0 aliphatic heterocycles. The number of carboxylic acid groups (broad SMARTS) is 1. The summed E-state index contributed by atoms with van der Waals surface area (Å²) < 4.78 is 33.8. The fourth-order valence-corrected chi connectivity index (χ4v) is 3.29. The molecule has 0 aliphatic rings. The standard InChI is InChI=1S/C20H18FNO3S/c1-13-18(26-20(22-13)15-5-7-16(21)8-6-15)12-25-17-9-2-14(3-10-17)4-11-19(23)24/h2-3,5-10H,4,11-12H2,1H3,(H,23,24)/i11D2. The molecule has 0 spiro atoms. The van der Waals surface area contributed by atoms with Gasteiger partial charge in [0.15, 0.2) is 0 Å². The van der Waals surface area contributed by atoms with Crippen molar-refractivity contribution in [2.75, 3.05) is 0 Å². The number of halogens is 1. The second kappa shape index (κ2) is 8.10. The van der Waals surface area contributed by atoms with Crippen LogP contribution in [0, 0.1) is 12.7 Å². The van der Waals surface area contributed by atoms with E-state index in [1.54, 1.807) is 36.4 Å². The number of carbonyl (C=O) groups is 1. The molecule has 0 radical (unpaired) electrons. The lowest BCUT2D eigenvalue weighted by molar-refractivity contribution is -0.136. The number of ether oxygens (including phenoxy) is 1. The van der Waals surface area contributed by atoms with Gasteiger partial charge in [-0.15, -0.1) is 11.3 Å². The topological polar surface area (TPSA) is 59.4 Å². The molecule has 26 heavy (non-hydrogen) atoms. The monoisotopic (exact) mass is 373 g/mol. The van der Waals surface area contributed by atoms with Crippen molar-refractivity contribution in [3.8, 4) is 16.3 Å². The number of carboxylic acids is 1. The Bertz CT molecular complexity index is 972. The number of aryl methyl sites for hydroxylation is 2. The number of thiazole rings is 1. The van der Waals surface area contributed by atoms with Gasteiger partial charge in [0.05, 0.1) is 10.6 Å². The highest BCUT2D eigenvalue weighted by atomic mass is 32.1. The van der Waals surface area contributed by atoms with Gasteiger partial charge in [-0.25, -0.2) is 9.37 Å². The Balaban J connectivity index is 1.64. The number of nitrogens with zero attached hydrogens (tertiary/aromatic N) is 1. The fourth-order valence-electron chi connectivity index (χ4n) is 2.31. The van der Waals surface area contributed by atoms with Crippen LogP contribution in [0.2, 0.25) is 0 Å². The summed E-state index contributed by atoms with van der Waals surface area (Å²) in [6.07, 6.45) is -2.52. The van der Waals surface area contributed by atoms with Crippen molar-refractivity contribution in [3.05, 3.63) is 70.5 Å². The Morgan fingerprint density at radius 1 is 1.23 bits per heavy atom. The average molecular weight is 373 g/mol. The van der Waals surface area contributed by atoms with Gasteiger partial charge in [-0.05, 0) is 55.3 Å². The van der Waals surface area contributed by atoms with E-state index < -0.39 is 12.3 Å². The lowest BCUT2D eigenvalue weighted by atomic mass is 10.1. The maximum atomic E-state index is 13.1. The van der Waals surface area contributed by atoms with Gasteiger partial charge in [0, 0.05) is 14.7 Å². The summed E-state index contributed by atoms with van der Waals surface area (Å²) in [5.41, 5.74) is 2.26. The molecule has 0 atom stereocenters. The maximum absolute atomic E-state index is 13.1. The normalized spacial score (nSPS) is 12.4. The second-order valence-corrected chi connectivity index (χ2v) is 6.71. The van der Waals surface area contributed by atoms with E-state index in [2.05, 4.69) is 4.98 Å².